The number of aryl methyl sites for hydroxylation is 1. The Kier molecular flexibility index (Phi) is 10.9. The second-order valence-electron chi connectivity index (χ2n) is 6.16. The van der Waals surface area contributed by atoms with Gasteiger partial charge in [0, 0.05) is 10.9 Å². The van der Waals surface area contributed by atoms with Crippen LogP contribution in [0.2, 0.25) is 0 Å². The molecule has 0 aliphatic carbocycles. The molecule has 0 fully saturated rings. The van der Waals surface area contributed by atoms with Crippen molar-refractivity contribution in [3.8, 4) is 0 Å². The van der Waals surface area contributed by atoms with Crippen LogP contribution >= 0.6 is 11.3 Å². The zero-order valence-electron chi connectivity index (χ0n) is 14.4. The van der Waals surface area contributed by atoms with Crippen LogP contribution in [0.4, 0.5) is 0 Å². The van der Waals surface area contributed by atoms with E-state index in [1.165, 1.54) is 74.6 Å². The topological polar surface area (TPSA) is 12.0 Å². The summed E-state index contributed by atoms with van der Waals surface area (Å²) >= 11 is 1.88. The fraction of sp³-hybridized carbons (Fsp3) is 0.789. The highest BCUT2D eigenvalue weighted by atomic mass is 32.1. The van der Waals surface area contributed by atoms with Gasteiger partial charge in [-0.15, -0.1) is 11.3 Å². The predicted molar refractivity (Wildman–Crippen MR) is 97.3 cm³/mol. The van der Waals surface area contributed by atoms with Crippen molar-refractivity contribution >= 4 is 11.3 Å². The summed E-state index contributed by atoms with van der Waals surface area (Å²) in [6.45, 7) is 7.82. The lowest BCUT2D eigenvalue weighted by Gasteiger charge is -2.18. The van der Waals surface area contributed by atoms with Crippen molar-refractivity contribution < 1.29 is 0 Å². The summed E-state index contributed by atoms with van der Waals surface area (Å²) in [6, 6.07) is 2.88. The van der Waals surface area contributed by atoms with Crippen LogP contribution in [0.1, 0.15) is 94.5 Å². The first-order valence-corrected chi connectivity index (χ1v) is 9.94. The molecule has 1 nitrogen and oxygen atoms in total. The lowest BCUT2D eigenvalue weighted by molar-refractivity contribution is 0.474. The van der Waals surface area contributed by atoms with Crippen LogP contribution in [0, 0.1) is 6.92 Å². The van der Waals surface area contributed by atoms with Gasteiger partial charge in [-0.25, -0.2) is 0 Å². The Bertz CT molecular complexity index is 345. The Labute approximate surface area is 136 Å². The Morgan fingerprint density at radius 3 is 2.10 bits per heavy atom. The molecule has 0 amide bonds. The normalized spacial score (nSPS) is 12.7. The smallest absolute Gasteiger partial charge is 0.0331 e. The maximum Gasteiger partial charge on any atom is 0.0331 e. The van der Waals surface area contributed by atoms with Crippen LogP contribution in [-0.4, -0.2) is 6.54 Å². The first-order valence-electron chi connectivity index (χ1n) is 9.07. The molecule has 0 aliphatic rings. The summed E-state index contributed by atoms with van der Waals surface area (Å²) in [7, 11) is 0. The van der Waals surface area contributed by atoms with Gasteiger partial charge in [0.2, 0.25) is 0 Å². The van der Waals surface area contributed by atoms with E-state index in [0.717, 1.165) is 6.54 Å². The molecule has 1 N–H and O–H groups in total. The van der Waals surface area contributed by atoms with Crippen LogP contribution in [0.3, 0.4) is 0 Å². The zero-order valence-corrected chi connectivity index (χ0v) is 15.2. The third-order valence-corrected chi connectivity index (χ3v) is 5.18. The highest BCUT2D eigenvalue weighted by molar-refractivity contribution is 7.10. The van der Waals surface area contributed by atoms with Crippen molar-refractivity contribution in [3.05, 3.63) is 21.9 Å². The fourth-order valence-electron chi connectivity index (χ4n) is 3.03. The van der Waals surface area contributed by atoms with Gasteiger partial charge in [-0.2, -0.15) is 0 Å². The molecular weight excluding hydrogens is 274 g/mol. The summed E-state index contributed by atoms with van der Waals surface area (Å²) in [4.78, 5) is 1.48. The molecule has 1 unspecified atom stereocenters. The van der Waals surface area contributed by atoms with E-state index in [2.05, 4.69) is 37.5 Å². The summed E-state index contributed by atoms with van der Waals surface area (Å²) in [6.07, 6.45) is 14.0. The van der Waals surface area contributed by atoms with Crippen molar-refractivity contribution in [2.75, 3.05) is 6.54 Å². The first kappa shape index (κ1) is 18.7. The minimum Gasteiger partial charge on any atom is -0.310 e. The lowest BCUT2D eigenvalue weighted by Crippen LogP contribution is -2.20. The molecule has 122 valence electrons. The number of rotatable bonds is 13. The quantitative estimate of drug-likeness (QED) is 0.403. The van der Waals surface area contributed by atoms with Gasteiger partial charge in [0.1, 0.15) is 0 Å². The lowest BCUT2D eigenvalue weighted by atomic mass is 10.00. The molecule has 0 aromatic carbocycles. The van der Waals surface area contributed by atoms with Crippen molar-refractivity contribution in [2.45, 2.75) is 91.0 Å². The Morgan fingerprint density at radius 2 is 1.57 bits per heavy atom. The Hall–Kier alpha value is -0.340. The average Bonchev–Trinajstić information content (AvgIpc) is 2.90. The van der Waals surface area contributed by atoms with Crippen LogP contribution < -0.4 is 5.32 Å². The van der Waals surface area contributed by atoms with E-state index in [1.54, 1.807) is 0 Å². The predicted octanol–water partition coefficient (Wildman–Crippen LogP) is 6.63. The number of hydrogen-bond donors (Lipinski definition) is 1. The average molecular weight is 310 g/mol. The highest BCUT2D eigenvalue weighted by Gasteiger charge is 2.12. The van der Waals surface area contributed by atoms with E-state index in [4.69, 9.17) is 0 Å². The molecule has 0 saturated heterocycles. The largest absolute Gasteiger partial charge is 0.310 e. The van der Waals surface area contributed by atoms with Crippen LogP contribution in [0.5, 0.6) is 0 Å². The minimum absolute atomic E-state index is 0.575. The molecule has 1 atom stereocenters. The summed E-state index contributed by atoms with van der Waals surface area (Å²) in [5.74, 6) is 0. The van der Waals surface area contributed by atoms with Crippen molar-refractivity contribution in [1.82, 2.24) is 5.32 Å². The van der Waals surface area contributed by atoms with E-state index in [0.29, 0.717) is 6.04 Å². The second-order valence-corrected chi connectivity index (χ2v) is 7.28. The molecule has 1 heterocycles. The third-order valence-electron chi connectivity index (χ3n) is 4.32. The maximum atomic E-state index is 3.66. The van der Waals surface area contributed by atoms with E-state index >= 15 is 0 Å². The van der Waals surface area contributed by atoms with E-state index in [1.807, 2.05) is 11.3 Å². The first-order chi connectivity index (χ1) is 10.3. The molecule has 0 spiro atoms. The van der Waals surface area contributed by atoms with Gasteiger partial charge in [0.15, 0.2) is 0 Å². The fourth-order valence-corrected chi connectivity index (χ4v) is 3.79. The number of unbranched alkanes of at least 4 members (excludes halogenated alkanes) is 8. The molecule has 0 bridgehead atoms. The van der Waals surface area contributed by atoms with Crippen molar-refractivity contribution in [2.24, 2.45) is 0 Å². The summed E-state index contributed by atoms with van der Waals surface area (Å²) < 4.78 is 0. The van der Waals surface area contributed by atoms with E-state index in [9.17, 15) is 0 Å². The molecule has 0 radical (unpaired) electrons. The molecule has 1 aromatic heterocycles. The van der Waals surface area contributed by atoms with Crippen molar-refractivity contribution in [3.63, 3.8) is 0 Å². The van der Waals surface area contributed by atoms with Gasteiger partial charge in [-0.3, -0.25) is 0 Å². The van der Waals surface area contributed by atoms with Crippen LogP contribution in [-0.2, 0) is 0 Å². The second kappa shape index (κ2) is 12.2. The van der Waals surface area contributed by atoms with Gasteiger partial charge in [-0.05, 0) is 36.9 Å². The minimum atomic E-state index is 0.575. The Morgan fingerprint density at radius 1 is 0.952 bits per heavy atom. The van der Waals surface area contributed by atoms with Crippen molar-refractivity contribution in [1.29, 1.82) is 0 Å². The number of thiophene rings is 1. The molecule has 2 heteroatoms. The third kappa shape index (κ3) is 8.01. The summed E-state index contributed by atoms with van der Waals surface area (Å²) in [5, 5.41) is 5.89. The molecular formula is C19H35NS. The van der Waals surface area contributed by atoms with E-state index in [-0.39, 0.29) is 0 Å². The standard InChI is InChI=1S/C19H35NS/c1-4-6-7-8-9-10-11-12-13-14-19(20-5-2)18-15-16-21-17(18)3/h15-16,19-20H,4-14H2,1-3H3. The van der Waals surface area contributed by atoms with Gasteiger partial charge in [0.25, 0.3) is 0 Å². The van der Waals surface area contributed by atoms with Crippen LogP contribution in [0.15, 0.2) is 11.4 Å². The molecule has 1 aromatic rings. The van der Waals surface area contributed by atoms with Gasteiger partial charge in [0.05, 0.1) is 0 Å². The molecule has 0 aliphatic heterocycles. The highest BCUT2D eigenvalue weighted by Crippen LogP contribution is 2.26. The van der Waals surface area contributed by atoms with Gasteiger partial charge in [-0.1, -0.05) is 71.6 Å². The van der Waals surface area contributed by atoms with Crippen LogP contribution in [0.25, 0.3) is 0 Å². The SMILES string of the molecule is CCCCCCCCCCCC(NCC)c1ccsc1C. The zero-order chi connectivity index (χ0) is 15.3. The van der Waals surface area contributed by atoms with E-state index < -0.39 is 0 Å². The Balaban J connectivity index is 2.10. The number of hydrogen-bond acceptors (Lipinski definition) is 2. The molecule has 0 saturated carbocycles. The molecule has 1 rings (SSSR count). The maximum absolute atomic E-state index is 3.66. The summed E-state index contributed by atoms with van der Waals surface area (Å²) in [5.41, 5.74) is 1.53. The van der Waals surface area contributed by atoms with Gasteiger partial charge >= 0.3 is 0 Å². The van der Waals surface area contributed by atoms with Gasteiger partial charge < -0.3 is 5.32 Å². The molecule has 21 heavy (non-hydrogen) atoms. The number of nitrogens with one attached hydrogen (secondary N) is 1. The monoisotopic (exact) mass is 309 g/mol.